The predicted octanol–water partition coefficient (Wildman–Crippen LogP) is 4.86. The molecule has 0 aromatic heterocycles. The Labute approximate surface area is 143 Å². The SMILES string of the molecule is CC(C1CC1)N(CC(F)(F)F)C(=O)c1cc(I)ccc1Br. The second-order valence-corrected chi connectivity index (χ2v) is 7.35. The molecule has 116 valence electrons. The highest BCUT2D eigenvalue weighted by Crippen LogP contribution is 2.37. The Hall–Kier alpha value is -0.310. The van der Waals surface area contributed by atoms with Gasteiger partial charge in [0.25, 0.3) is 5.91 Å². The monoisotopic (exact) mass is 475 g/mol. The number of amides is 1. The summed E-state index contributed by atoms with van der Waals surface area (Å²) in [4.78, 5) is 13.5. The van der Waals surface area contributed by atoms with Crippen molar-refractivity contribution in [2.75, 3.05) is 6.54 Å². The van der Waals surface area contributed by atoms with Gasteiger partial charge >= 0.3 is 6.18 Å². The van der Waals surface area contributed by atoms with E-state index in [4.69, 9.17) is 0 Å². The summed E-state index contributed by atoms with van der Waals surface area (Å²) in [5.74, 6) is -0.394. The summed E-state index contributed by atoms with van der Waals surface area (Å²) in [5.41, 5.74) is 0.277. The van der Waals surface area contributed by atoms with Crippen molar-refractivity contribution in [1.82, 2.24) is 4.90 Å². The van der Waals surface area contributed by atoms with Crippen LogP contribution in [0.3, 0.4) is 0 Å². The second kappa shape index (κ2) is 6.44. The van der Waals surface area contributed by atoms with E-state index < -0.39 is 24.7 Å². The van der Waals surface area contributed by atoms with Gasteiger partial charge in [0.15, 0.2) is 0 Å². The molecule has 1 unspecified atom stereocenters. The first-order valence-electron chi connectivity index (χ1n) is 6.52. The lowest BCUT2D eigenvalue weighted by Gasteiger charge is -2.30. The summed E-state index contributed by atoms with van der Waals surface area (Å²) in [6.07, 6.45) is -2.63. The van der Waals surface area contributed by atoms with Crippen molar-refractivity contribution in [2.24, 2.45) is 5.92 Å². The van der Waals surface area contributed by atoms with Crippen molar-refractivity contribution < 1.29 is 18.0 Å². The predicted molar refractivity (Wildman–Crippen MR) is 86.1 cm³/mol. The maximum atomic E-state index is 12.8. The number of benzene rings is 1. The van der Waals surface area contributed by atoms with Gasteiger partial charge < -0.3 is 4.90 Å². The molecule has 0 spiro atoms. The zero-order valence-corrected chi connectivity index (χ0v) is 15.0. The fourth-order valence-electron chi connectivity index (χ4n) is 2.24. The third-order valence-corrected chi connectivity index (χ3v) is 4.93. The summed E-state index contributed by atoms with van der Waals surface area (Å²) in [6, 6.07) is 4.68. The van der Waals surface area contributed by atoms with Gasteiger partial charge in [0, 0.05) is 14.1 Å². The van der Waals surface area contributed by atoms with E-state index in [2.05, 4.69) is 15.9 Å². The molecule has 1 aromatic carbocycles. The third-order valence-electron chi connectivity index (χ3n) is 3.57. The van der Waals surface area contributed by atoms with Crippen molar-refractivity contribution in [1.29, 1.82) is 0 Å². The highest BCUT2D eigenvalue weighted by molar-refractivity contribution is 14.1. The van der Waals surface area contributed by atoms with E-state index >= 15 is 0 Å². The summed E-state index contributed by atoms with van der Waals surface area (Å²) in [5, 5.41) is 0. The first-order chi connectivity index (χ1) is 9.69. The molecule has 0 heterocycles. The number of carbonyl (C=O) groups excluding carboxylic acids is 1. The van der Waals surface area contributed by atoms with E-state index in [1.54, 1.807) is 25.1 Å². The van der Waals surface area contributed by atoms with E-state index in [0.717, 1.165) is 21.3 Å². The number of carbonyl (C=O) groups is 1. The molecule has 7 heteroatoms. The molecule has 1 atom stereocenters. The third kappa shape index (κ3) is 4.58. The Morgan fingerprint density at radius 1 is 1.48 bits per heavy atom. The van der Waals surface area contributed by atoms with Gasteiger partial charge in [0.05, 0.1) is 5.56 Å². The summed E-state index contributed by atoms with van der Waals surface area (Å²) in [6.45, 7) is 0.491. The van der Waals surface area contributed by atoms with Gasteiger partial charge in [-0.1, -0.05) is 0 Å². The minimum Gasteiger partial charge on any atom is -0.327 e. The average Bonchev–Trinajstić information content (AvgIpc) is 3.20. The Morgan fingerprint density at radius 3 is 2.62 bits per heavy atom. The number of hydrogen-bond acceptors (Lipinski definition) is 1. The summed E-state index contributed by atoms with van der Waals surface area (Å²) < 4.78 is 39.7. The Kier molecular flexibility index (Phi) is 5.23. The molecule has 21 heavy (non-hydrogen) atoms. The molecule has 1 amide bonds. The van der Waals surface area contributed by atoms with Crippen LogP contribution >= 0.6 is 38.5 Å². The van der Waals surface area contributed by atoms with E-state index in [0.29, 0.717) is 4.47 Å². The largest absolute Gasteiger partial charge is 0.406 e. The van der Waals surface area contributed by atoms with Crippen LogP contribution in [-0.2, 0) is 0 Å². The molecule has 0 aliphatic heterocycles. The molecule has 0 saturated heterocycles. The fraction of sp³-hybridized carbons (Fsp3) is 0.500. The van der Waals surface area contributed by atoms with Gasteiger partial charge in [-0.15, -0.1) is 0 Å². The Balaban J connectivity index is 2.30. The first kappa shape index (κ1) is 17.1. The topological polar surface area (TPSA) is 20.3 Å². The quantitative estimate of drug-likeness (QED) is 0.570. The molecular formula is C14H14BrF3INO. The number of hydrogen-bond donors (Lipinski definition) is 0. The van der Waals surface area contributed by atoms with E-state index in [1.807, 2.05) is 22.6 Å². The van der Waals surface area contributed by atoms with Crippen molar-refractivity contribution in [3.8, 4) is 0 Å². The second-order valence-electron chi connectivity index (χ2n) is 5.25. The average molecular weight is 476 g/mol. The molecule has 1 fully saturated rings. The smallest absolute Gasteiger partial charge is 0.327 e. The Morgan fingerprint density at radius 2 is 2.10 bits per heavy atom. The van der Waals surface area contributed by atoms with Gasteiger partial charge in [-0.3, -0.25) is 4.79 Å². The van der Waals surface area contributed by atoms with Crippen molar-refractivity contribution in [2.45, 2.75) is 32.0 Å². The molecule has 2 rings (SSSR count). The van der Waals surface area contributed by atoms with Crippen LogP contribution in [0.1, 0.15) is 30.1 Å². The van der Waals surface area contributed by atoms with Crippen LogP contribution in [-0.4, -0.2) is 29.6 Å². The van der Waals surface area contributed by atoms with Crippen LogP contribution in [0.15, 0.2) is 22.7 Å². The molecular weight excluding hydrogens is 462 g/mol. The molecule has 1 aromatic rings. The molecule has 0 radical (unpaired) electrons. The standard InChI is InChI=1S/C14H14BrF3INO/c1-8(9-2-3-9)20(7-14(16,17)18)13(21)11-6-10(19)4-5-12(11)15/h4-6,8-9H,2-3,7H2,1H3. The first-order valence-corrected chi connectivity index (χ1v) is 8.39. The summed E-state index contributed by atoms with van der Waals surface area (Å²) in [7, 11) is 0. The molecule has 0 N–H and O–H groups in total. The molecule has 1 aliphatic rings. The van der Waals surface area contributed by atoms with Crippen LogP contribution in [0.25, 0.3) is 0 Å². The van der Waals surface area contributed by atoms with Crippen LogP contribution in [0.5, 0.6) is 0 Å². The highest BCUT2D eigenvalue weighted by Gasteiger charge is 2.41. The van der Waals surface area contributed by atoms with Crippen molar-refractivity contribution >= 4 is 44.4 Å². The number of rotatable bonds is 4. The normalized spacial score (nSPS) is 16.7. The summed E-state index contributed by atoms with van der Waals surface area (Å²) >= 11 is 5.29. The lowest BCUT2D eigenvalue weighted by Crippen LogP contribution is -2.45. The van der Waals surface area contributed by atoms with Gasteiger partial charge in [0.2, 0.25) is 0 Å². The maximum Gasteiger partial charge on any atom is 0.406 e. The lowest BCUT2D eigenvalue weighted by atomic mass is 10.1. The van der Waals surface area contributed by atoms with Crippen LogP contribution in [0.4, 0.5) is 13.2 Å². The van der Waals surface area contributed by atoms with E-state index in [-0.39, 0.29) is 11.5 Å². The fourth-order valence-corrected chi connectivity index (χ4v) is 3.15. The van der Waals surface area contributed by atoms with E-state index in [1.165, 1.54) is 0 Å². The maximum absolute atomic E-state index is 12.8. The molecule has 1 aliphatic carbocycles. The van der Waals surface area contributed by atoms with Gasteiger partial charge in [0.1, 0.15) is 6.54 Å². The van der Waals surface area contributed by atoms with Gasteiger partial charge in [-0.05, 0) is 82.4 Å². The zero-order chi connectivity index (χ0) is 15.8. The number of nitrogens with zero attached hydrogens (tertiary/aromatic N) is 1. The zero-order valence-electron chi connectivity index (χ0n) is 11.3. The molecule has 2 nitrogen and oxygen atoms in total. The molecule has 0 bridgehead atoms. The highest BCUT2D eigenvalue weighted by atomic mass is 127. The minimum atomic E-state index is -4.40. The van der Waals surface area contributed by atoms with Crippen LogP contribution in [0.2, 0.25) is 0 Å². The minimum absolute atomic E-state index is 0.179. The van der Waals surface area contributed by atoms with Crippen LogP contribution < -0.4 is 0 Å². The van der Waals surface area contributed by atoms with E-state index in [9.17, 15) is 18.0 Å². The van der Waals surface area contributed by atoms with Crippen LogP contribution in [0, 0.1) is 9.49 Å². The lowest BCUT2D eigenvalue weighted by molar-refractivity contribution is -0.144. The number of halogens is 5. The van der Waals surface area contributed by atoms with Crippen molar-refractivity contribution in [3.63, 3.8) is 0 Å². The van der Waals surface area contributed by atoms with Gasteiger partial charge in [-0.2, -0.15) is 13.2 Å². The molecule has 1 saturated carbocycles. The van der Waals surface area contributed by atoms with Crippen molar-refractivity contribution in [3.05, 3.63) is 31.8 Å². The Bertz CT molecular complexity index is 546. The number of alkyl halides is 3. The van der Waals surface area contributed by atoms with Gasteiger partial charge in [-0.25, -0.2) is 0 Å².